The Morgan fingerprint density at radius 2 is 2.16 bits per heavy atom. The standard InChI is InChI=1S/C19H18F2N2OS/c20-16-9-13(11-22)1-3-18(16)23-7-5-15(6-8-23)25-19-4-2-14(12-24)10-17(19)21/h1-4,9-10,12,15-16,18H,5-8H2/i18D. The second-order valence-corrected chi connectivity index (χ2v) is 7.35. The number of hydrogen-bond acceptors (Lipinski definition) is 4. The summed E-state index contributed by atoms with van der Waals surface area (Å²) in [4.78, 5) is 13.0. The van der Waals surface area contributed by atoms with E-state index in [1.54, 1.807) is 17.0 Å². The Balaban J connectivity index is 1.61. The van der Waals surface area contributed by atoms with Crippen LogP contribution in [-0.2, 0) is 0 Å². The Kier molecular flexibility index (Phi) is 5.24. The lowest BCUT2D eigenvalue weighted by molar-refractivity contribution is 0.112. The van der Waals surface area contributed by atoms with E-state index in [0.29, 0.717) is 42.7 Å². The fourth-order valence-electron chi connectivity index (χ4n) is 3.02. The number of likely N-dealkylation sites (tertiary alicyclic amines) is 1. The minimum Gasteiger partial charge on any atom is -0.298 e. The summed E-state index contributed by atoms with van der Waals surface area (Å²) in [5.74, 6) is -0.410. The number of thioether (sulfide) groups is 1. The van der Waals surface area contributed by atoms with Gasteiger partial charge in [-0.05, 0) is 50.2 Å². The quantitative estimate of drug-likeness (QED) is 0.763. The number of nitriles is 1. The third-order valence-corrected chi connectivity index (χ3v) is 5.75. The van der Waals surface area contributed by atoms with Crippen molar-refractivity contribution in [3.05, 3.63) is 53.4 Å². The molecule has 0 bridgehead atoms. The molecule has 2 unspecified atom stereocenters. The maximum atomic E-state index is 14.4. The van der Waals surface area contributed by atoms with Gasteiger partial charge < -0.3 is 0 Å². The van der Waals surface area contributed by atoms with Crippen LogP contribution in [0.1, 0.15) is 24.6 Å². The molecule has 1 aliphatic carbocycles. The van der Waals surface area contributed by atoms with E-state index in [0.717, 1.165) is 0 Å². The molecule has 2 atom stereocenters. The SMILES string of the molecule is [2H]C1(N2CCC(Sc3ccc(C=O)cc3F)CC2)C=CC(C#N)=CC1F. The van der Waals surface area contributed by atoms with E-state index in [1.807, 2.05) is 6.07 Å². The van der Waals surface area contributed by atoms with Gasteiger partial charge in [0.05, 0.1) is 19.0 Å². The predicted molar refractivity (Wildman–Crippen MR) is 93.8 cm³/mol. The van der Waals surface area contributed by atoms with Crippen molar-refractivity contribution in [1.82, 2.24) is 4.90 Å². The lowest BCUT2D eigenvalue weighted by Gasteiger charge is -2.37. The summed E-state index contributed by atoms with van der Waals surface area (Å²) in [6, 6.07) is 4.82. The van der Waals surface area contributed by atoms with Gasteiger partial charge in [-0.25, -0.2) is 8.78 Å². The molecule has 3 nitrogen and oxygen atoms in total. The molecule has 0 aromatic heterocycles. The van der Waals surface area contributed by atoms with Gasteiger partial charge in [-0.3, -0.25) is 9.69 Å². The van der Waals surface area contributed by atoms with Gasteiger partial charge in [0.25, 0.3) is 0 Å². The zero-order chi connectivity index (χ0) is 18.7. The molecule has 1 heterocycles. The average Bonchev–Trinajstić information content (AvgIpc) is 2.66. The minimum absolute atomic E-state index is 0.169. The topological polar surface area (TPSA) is 44.1 Å². The molecule has 1 aliphatic heterocycles. The average molecular weight is 361 g/mol. The van der Waals surface area contributed by atoms with Crippen molar-refractivity contribution in [2.75, 3.05) is 13.1 Å². The summed E-state index contributed by atoms with van der Waals surface area (Å²) in [5.41, 5.74) is 0.542. The van der Waals surface area contributed by atoms with E-state index in [9.17, 15) is 13.6 Å². The number of nitrogens with zero attached hydrogens (tertiary/aromatic N) is 2. The zero-order valence-corrected chi connectivity index (χ0v) is 14.3. The highest BCUT2D eigenvalue weighted by Crippen LogP contribution is 2.33. The van der Waals surface area contributed by atoms with Gasteiger partial charge in [-0.1, -0.05) is 12.1 Å². The molecular weight excluding hydrogens is 342 g/mol. The largest absolute Gasteiger partial charge is 0.298 e. The molecule has 0 radical (unpaired) electrons. The number of rotatable bonds is 4. The number of benzene rings is 1. The predicted octanol–water partition coefficient (Wildman–Crippen LogP) is 3.92. The van der Waals surface area contributed by atoms with Gasteiger partial charge in [0, 0.05) is 15.7 Å². The normalized spacial score (nSPS) is 28.1. The maximum Gasteiger partial charge on any atom is 0.150 e. The third-order valence-electron chi connectivity index (χ3n) is 4.36. The van der Waals surface area contributed by atoms with Gasteiger partial charge in [-0.2, -0.15) is 5.26 Å². The molecule has 3 rings (SSSR count). The summed E-state index contributed by atoms with van der Waals surface area (Å²) in [6.45, 7) is 1.05. The van der Waals surface area contributed by atoms with E-state index < -0.39 is 18.0 Å². The van der Waals surface area contributed by atoms with Crippen LogP contribution in [0.5, 0.6) is 0 Å². The van der Waals surface area contributed by atoms with Gasteiger partial charge in [0.2, 0.25) is 0 Å². The number of aldehydes is 1. The van der Waals surface area contributed by atoms with Crippen molar-refractivity contribution in [3.63, 3.8) is 0 Å². The number of piperidine rings is 1. The summed E-state index contributed by atoms with van der Waals surface area (Å²) >= 11 is 1.42. The first kappa shape index (κ1) is 16.5. The lowest BCUT2D eigenvalue weighted by Crippen LogP contribution is -2.46. The Bertz CT molecular complexity index is 799. The van der Waals surface area contributed by atoms with Crippen molar-refractivity contribution in [3.8, 4) is 6.07 Å². The van der Waals surface area contributed by atoms with E-state index in [4.69, 9.17) is 6.63 Å². The second-order valence-electron chi connectivity index (χ2n) is 6.01. The van der Waals surface area contributed by atoms with E-state index in [-0.39, 0.29) is 10.8 Å². The summed E-state index contributed by atoms with van der Waals surface area (Å²) in [7, 11) is 0. The van der Waals surface area contributed by atoms with Crippen LogP contribution in [0, 0.1) is 17.1 Å². The van der Waals surface area contributed by atoms with E-state index in [1.165, 1.54) is 36.1 Å². The van der Waals surface area contributed by atoms with Crippen molar-refractivity contribution >= 4 is 18.0 Å². The summed E-state index contributed by atoms with van der Waals surface area (Å²) < 4.78 is 36.9. The van der Waals surface area contributed by atoms with Crippen LogP contribution < -0.4 is 0 Å². The van der Waals surface area contributed by atoms with Gasteiger partial charge in [0.1, 0.15) is 18.3 Å². The van der Waals surface area contributed by atoms with Crippen molar-refractivity contribution in [1.29, 1.82) is 5.26 Å². The van der Waals surface area contributed by atoms with Crippen LogP contribution in [0.2, 0.25) is 0 Å². The van der Waals surface area contributed by atoms with Crippen molar-refractivity contribution in [2.24, 2.45) is 0 Å². The number of carbonyl (C=O) groups is 1. The van der Waals surface area contributed by atoms with Crippen LogP contribution in [0.25, 0.3) is 0 Å². The highest BCUT2D eigenvalue weighted by atomic mass is 32.2. The van der Waals surface area contributed by atoms with Crippen LogP contribution in [0.4, 0.5) is 8.78 Å². The highest BCUT2D eigenvalue weighted by Gasteiger charge is 2.30. The van der Waals surface area contributed by atoms with E-state index in [2.05, 4.69) is 0 Å². The first-order chi connectivity index (χ1) is 12.5. The molecule has 2 aliphatic rings. The van der Waals surface area contributed by atoms with Crippen LogP contribution >= 0.6 is 11.8 Å². The Labute approximate surface area is 151 Å². The molecule has 130 valence electrons. The molecule has 1 aromatic rings. The summed E-state index contributed by atoms with van der Waals surface area (Å²) in [5, 5.41) is 9.02. The molecule has 0 amide bonds. The van der Waals surface area contributed by atoms with E-state index >= 15 is 0 Å². The Morgan fingerprint density at radius 1 is 1.40 bits per heavy atom. The molecule has 1 fully saturated rings. The molecule has 1 saturated heterocycles. The molecular formula is C19H18F2N2OS. The number of hydrogen-bond donors (Lipinski definition) is 0. The lowest BCUT2D eigenvalue weighted by atomic mass is 9.98. The molecule has 0 N–H and O–H groups in total. The van der Waals surface area contributed by atoms with Crippen LogP contribution in [0.15, 0.2) is 46.9 Å². The van der Waals surface area contributed by atoms with Crippen molar-refractivity contribution < 1.29 is 14.9 Å². The fraction of sp³-hybridized carbons (Fsp3) is 0.368. The van der Waals surface area contributed by atoms with Gasteiger partial charge >= 0.3 is 0 Å². The molecule has 6 heteroatoms. The zero-order valence-electron chi connectivity index (χ0n) is 14.5. The molecule has 1 aromatic carbocycles. The molecule has 25 heavy (non-hydrogen) atoms. The van der Waals surface area contributed by atoms with Crippen LogP contribution in [-0.4, -0.2) is 41.7 Å². The van der Waals surface area contributed by atoms with Crippen LogP contribution in [0.3, 0.4) is 0 Å². The molecule has 0 saturated carbocycles. The Hall–Kier alpha value is -1.97. The first-order valence-electron chi connectivity index (χ1n) is 8.58. The fourth-order valence-corrected chi connectivity index (χ4v) is 4.14. The maximum absolute atomic E-state index is 14.4. The molecule has 0 spiro atoms. The minimum atomic E-state index is -1.56. The first-order valence-corrected chi connectivity index (χ1v) is 8.96. The van der Waals surface area contributed by atoms with Gasteiger partial charge in [0.15, 0.2) is 0 Å². The van der Waals surface area contributed by atoms with Crippen molar-refractivity contribution in [2.45, 2.75) is 35.2 Å². The second kappa shape index (κ2) is 7.94. The monoisotopic (exact) mass is 361 g/mol. The smallest absolute Gasteiger partial charge is 0.150 e. The highest BCUT2D eigenvalue weighted by molar-refractivity contribution is 8.00. The Morgan fingerprint density at radius 3 is 2.76 bits per heavy atom. The number of halogens is 2. The number of alkyl halides is 1. The third kappa shape index (κ3) is 4.17. The summed E-state index contributed by atoms with van der Waals surface area (Å²) in [6.07, 6.45) is 4.60. The van der Waals surface area contributed by atoms with Gasteiger partial charge in [-0.15, -0.1) is 11.8 Å². The number of carbonyl (C=O) groups excluding carboxylic acids is 1. The number of allylic oxidation sites excluding steroid dienone is 2.